The van der Waals surface area contributed by atoms with Gasteiger partial charge in [-0.25, -0.2) is 14.4 Å². The zero-order chi connectivity index (χ0) is 13.6. The van der Waals surface area contributed by atoms with Crippen LogP contribution < -0.4 is 5.73 Å². The summed E-state index contributed by atoms with van der Waals surface area (Å²) in [7, 11) is 0. The van der Waals surface area contributed by atoms with Gasteiger partial charge < -0.3 is 5.73 Å². The highest BCUT2D eigenvalue weighted by Gasteiger charge is 2.12. The van der Waals surface area contributed by atoms with Crippen LogP contribution in [0.5, 0.6) is 0 Å². The molecule has 3 aromatic rings. The van der Waals surface area contributed by atoms with Gasteiger partial charge in [-0.15, -0.1) is 0 Å². The molecule has 4 nitrogen and oxygen atoms in total. The van der Waals surface area contributed by atoms with Crippen LogP contribution in [0.1, 0.15) is 5.56 Å². The molecular weight excluding hydrogens is 267 g/mol. The van der Waals surface area contributed by atoms with Gasteiger partial charge in [-0.3, -0.25) is 4.57 Å². The summed E-state index contributed by atoms with van der Waals surface area (Å²) in [5.74, 6) is -0.0549. The largest absolute Gasteiger partial charge is 0.369 e. The maximum atomic E-state index is 13.7. The Morgan fingerprint density at radius 3 is 2.84 bits per heavy atom. The van der Waals surface area contributed by atoms with Crippen LogP contribution in [0.3, 0.4) is 0 Å². The molecule has 0 aliphatic rings. The number of nitrogen functional groups attached to an aromatic ring is 1. The molecule has 0 fully saturated rings. The predicted molar refractivity (Wildman–Crippen MR) is 73.0 cm³/mol. The zero-order valence-corrected chi connectivity index (χ0v) is 10.8. The van der Waals surface area contributed by atoms with Crippen molar-refractivity contribution in [3.8, 4) is 5.69 Å². The van der Waals surface area contributed by atoms with Crippen molar-refractivity contribution in [3.05, 3.63) is 46.9 Å². The minimum atomic E-state index is -0.298. The van der Waals surface area contributed by atoms with Crippen LogP contribution >= 0.6 is 11.6 Å². The van der Waals surface area contributed by atoms with E-state index in [0.29, 0.717) is 27.4 Å². The molecule has 6 heteroatoms. The first-order valence-corrected chi connectivity index (χ1v) is 6.00. The van der Waals surface area contributed by atoms with Gasteiger partial charge in [-0.2, -0.15) is 0 Å². The number of nitrogens with two attached hydrogens (primary N) is 1. The SMILES string of the molecule is Cc1ccc(-n2c(N)nc3cc(Cl)cnc32)cc1F. The number of rotatable bonds is 1. The molecule has 0 radical (unpaired) electrons. The average Bonchev–Trinajstić information content (AvgIpc) is 2.68. The molecule has 0 saturated heterocycles. The molecule has 1 aromatic carbocycles. The highest BCUT2D eigenvalue weighted by Crippen LogP contribution is 2.24. The second kappa shape index (κ2) is 4.20. The van der Waals surface area contributed by atoms with E-state index in [1.807, 2.05) is 0 Å². The maximum Gasteiger partial charge on any atom is 0.207 e. The van der Waals surface area contributed by atoms with Crippen LogP contribution in [0, 0.1) is 12.7 Å². The van der Waals surface area contributed by atoms with Crippen molar-refractivity contribution >= 4 is 28.7 Å². The summed E-state index contributed by atoms with van der Waals surface area (Å²) in [5.41, 5.74) is 8.14. The number of anilines is 1. The average molecular weight is 277 g/mol. The van der Waals surface area contributed by atoms with Crippen molar-refractivity contribution in [3.63, 3.8) is 0 Å². The molecule has 0 amide bonds. The lowest BCUT2D eigenvalue weighted by atomic mass is 10.2. The Balaban J connectivity index is 2.29. The monoisotopic (exact) mass is 276 g/mol. The van der Waals surface area contributed by atoms with E-state index in [4.69, 9.17) is 17.3 Å². The van der Waals surface area contributed by atoms with Crippen LogP contribution in [0.4, 0.5) is 10.3 Å². The van der Waals surface area contributed by atoms with Crippen molar-refractivity contribution in [1.82, 2.24) is 14.5 Å². The minimum Gasteiger partial charge on any atom is -0.369 e. The Kier molecular flexibility index (Phi) is 2.64. The Morgan fingerprint density at radius 1 is 1.32 bits per heavy atom. The van der Waals surface area contributed by atoms with E-state index >= 15 is 0 Å². The molecule has 0 aliphatic carbocycles. The van der Waals surface area contributed by atoms with Gasteiger partial charge in [0.25, 0.3) is 0 Å². The fourth-order valence-corrected chi connectivity index (χ4v) is 2.09. The molecule has 0 atom stereocenters. The third-order valence-electron chi connectivity index (χ3n) is 2.90. The van der Waals surface area contributed by atoms with Gasteiger partial charge in [0.1, 0.15) is 11.3 Å². The van der Waals surface area contributed by atoms with Crippen LogP contribution in [0.2, 0.25) is 5.02 Å². The highest BCUT2D eigenvalue weighted by molar-refractivity contribution is 6.31. The van der Waals surface area contributed by atoms with E-state index in [1.165, 1.54) is 12.3 Å². The van der Waals surface area contributed by atoms with Gasteiger partial charge in [-0.05, 0) is 30.7 Å². The number of nitrogens with zero attached hydrogens (tertiary/aromatic N) is 3. The van der Waals surface area contributed by atoms with E-state index in [9.17, 15) is 4.39 Å². The smallest absolute Gasteiger partial charge is 0.207 e. The summed E-state index contributed by atoms with van der Waals surface area (Å²) in [6.45, 7) is 1.70. The molecule has 2 aromatic heterocycles. The molecular formula is C13H10ClFN4. The van der Waals surface area contributed by atoms with Gasteiger partial charge in [0, 0.05) is 6.20 Å². The van der Waals surface area contributed by atoms with Gasteiger partial charge in [-0.1, -0.05) is 17.7 Å². The first-order chi connectivity index (χ1) is 9.06. The molecule has 96 valence electrons. The molecule has 2 N–H and O–H groups in total. The number of pyridine rings is 1. The minimum absolute atomic E-state index is 0.244. The molecule has 0 bridgehead atoms. The molecule has 2 heterocycles. The third kappa shape index (κ3) is 1.92. The molecule has 19 heavy (non-hydrogen) atoms. The van der Waals surface area contributed by atoms with Gasteiger partial charge >= 0.3 is 0 Å². The molecule has 3 rings (SSSR count). The highest BCUT2D eigenvalue weighted by atomic mass is 35.5. The molecule has 0 unspecified atom stereocenters. The number of benzene rings is 1. The number of hydrogen-bond donors (Lipinski definition) is 1. The topological polar surface area (TPSA) is 56.7 Å². The maximum absolute atomic E-state index is 13.7. The van der Waals surface area contributed by atoms with Crippen molar-refractivity contribution in [1.29, 1.82) is 0 Å². The van der Waals surface area contributed by atoms with E-state index in [1.54, 1.807) is 29.7 Å². The summed E-state index contributed by atoms with van der Waals surface area (Å²) < 4.78 is 15.2. The fraction of sp³-hybridized carbons (Fsp3) is 0.0769. The van der Waals surface area contributed by atoms with Crippen LogP contribution in [0.25, 0.3) is 16.9 Å². The number of aryl methyl sites for hydroxylation is 1. The van der Waals surface area contributed by atoms with Gasteiger partial charge in [0.2, 0.25) is 5.95 Å². The standard InChI is InChI=1S/C13H10ClFN4/c1-7-2-3-9(5-10(7)15)19-12-11(18-13(19)16)4-8(14)6-17-12/h2-6H,1H3,(H2,16,18). The fourth-order valence-electron chi connectivity index (χ4n) is 1.93. The Morgan fingerprint density at radius 2 is 2.11 bits per heavy atom. The zero-order valence-electron chi connectivity index (χ0n) is 10.1. The lowest BCUT2D eigenvalue weighted by Crippen LogP contribution is -2.02. The summed E-state index contributed by atoms with van der Waals surface area (Å²) in [4.78, 5) is 8.37. The van der Waals surface area contributed by atoms with E-state index in [-0.39, 0.29) is 11.8 Å². The van der Waals surface area contributed by atoms with Crippen molar-refractivity contribution in [2.24, 2.45) is 0 Å². The van der Waals surface area contributed by atoms with E-state index < -0.39 is 0 Å². The first-order valence-electron chi connectivity index (χ1n) is 5.62. The number of aromatic nitrogens is 3. The Hall–Kier alpha value is -2.14. The predicted octanol–water partition coefficient (Wildman–Crippen LogP) is 3.10. The number of halogens is 2. The number of fused-ring (bicyclic) bond motifs is 1. The Labute approximate surface area is 113 Å². The normalized spacial score (nSPS) is 11.1. The van der Waals surface area contributed by atoms with Crippen LogP contribution in [0.15, 0.2) is 30.5 Å². The van der Waals surface area contributed by atoms with Gasteiger partial charge in [0.05, 0.1) is 10.7 Å². The van der Waals surface area contributed by atoms with Crippen molar-refractivity contribution in [2.45, 2.75) is 6.92 Å². The van der Waals surface area contributed by atoms with E-state index in [2.05, 4.69) is 9.97 Å². The van der Waals surface area contributed by atoms with Gasteiger partial charge in [0.15, 0.2) is 5.65 Å². The first kappa shape index (κ1) is 11.9. The summed E-state index contributed by atoms with van der Waals surface area (Å²) in [5, 5.41) is 0.479. The number of imidazole rings is 1. The summed E-state index contributed by atoms with van der Waals surface area (Å²) in [6, 6.07) is 6.53. The molecule has 0 saturated carbocycles. The molecule has 0 aliphatic heterocycles. The quantitative estimate of drug-likeness (QED) is 0.743. The van der Waals surface area contributed by atoms with E-state index in [0.717, 1.165) is 0 Å². The lowest BCUT2D eigenvalue weighted by molar-refractivity contribution is 0.617. The second-order valence-corrected chi connectivity index (χ2v) is 4.67. The number of hydrogen-bond acceptors (Lipinski definition) is 3. The summed E-state index contributed by atoms with van der Waals surface area (Å²) >= 11 is 5.86. The van der Waals surface area contributed by atoms with Crippen LogP contribution in [-0.2, 0) is 0 Å². The molecule has 0 spiro atoms. The second-order valence-electron chi connectivity index (χ2n) is 4.24. The lowest BCUT2D eigenvalue weighted by Gasteiger charge is -2.07. The third-order valence-corrected chi connectivity index (χ3v) is 3.11. The Bertz CT molecular complexity index is 782. The van der Waals surface area contributed by atoms with Crippen LogP contribution in [-0.4, -0.2) is 14.5 Å². The van der Waals surface area contributed by atoms with Crippen molar-refractivity contribution in [2.75, 3.05) is 5.73 Å². The summed E-state index contributed by atoms with van der Waals surface area (Å²) in [6.07, 6.45) is 1.51. The van der Waals surface area contributed by atoms with Crippen molar-refractivity contribution < 1.29 is 4.39 Å².